The van der Waals surface area contributed by atoms with Crippen LogP contribution in [0.25, 0.3) is 0 Å². The summed E-state index contributed by atoms with van der Waals surface area (Å²) in [5, 5.41) is 3.66. The molecule has 1 aromatic rings. The summed E-state index contributed by atoms with van der Waals surface area (Å²) in [4.78, 5) is 18.5. The van der Waals surface area contributed by atoms with Crippen LogP contribution in [0.15, 0.2) is 11.6 Å². The maximum absolute atomic E-state index is 12.0. The molecule has 6 heteroatoms. The highest BCUT2D eigenvalue weighted by atomic mass is 32.1. The van der Waals surface area contributed by atoms with E-state index in [0.717, 1.165) is 11.6 Å². The molecule has 0 fully saturated rings. The quantitative estimate of drug-likeness (QED) is 0.810. The molecule has 0 radical (unpaired) electrons. The number of allylic oxidation sites excluding steroid dienone is 1. The van der Waals surface area contributed by atoms with Crippen molar-refractivity contribution in [2.45, 2.75) is 25.7 Å². The third-order valence-corrected chi connectivity index (χ3v) is 4.34. The zero-order valence-electron chi connectivity index (χ0n) is 11.4. The third-order valence-electron chi connectivity index (χ3n) is 3.10. The molecule has 1 aliphatic carbocycles. The molecule has 0 saturated heterocycles. The van der Waals surface area contributed by atoms with Gasteiger partial charge in [0.2, 0.25) is 0 Å². The van der Waals surface area contributed by atoms with Crippen LogP contribution in [0.5, 0.6) is 0 Å². The monoisotopic (exact) mass is 280 g/mol. The van der Waals surface area contributed by atoms with Gasteiger partial charge in [-0.2, -0.15) is 0 Å². The standard InChI is InChI=1S/C13H20N4OS/c1-17(2)13-16-11(14)10(19-13)12(18)15-8-7-9-5-3-4-6-9/h5H,3-4,6-8,14H2,1-2H3,(H,15,18). The predicted molar refractivity (Wildman–Crippen MR) is 79.7 cm³/mol. The van der Waals surface area contributed by atoms with Gasteiger partial charge in [0.1, 0.15) is 10.7 Å². The number of nitrogens with zero attached hydrogens (tertiary/aromatic N) is 2. The maximum Gasteiger partial charge on any atom is 0.265 e. The lowest BCUT2D eigenvalue weighted by Gasteiger charge is -2.05. The Labute approximate surface area is 117 Å². The van der Waals surface area contributed by atoms with Crippen molar-refractivity contribution in [2.75, 3.05) is 31.3 Å². The Morgan fingerprint density at radius 3 is 2.95 bits per heavy atom. The summed E-state index contributed by atoms with van der Waals surface area (Å²) in [6.45, 7) is 0.666. The van der Waals surface area contributed by atoms with E-state index in [2.05, 4.69) is 16.4 Å². The Balaban J connectivity index is 1.88. The van der Waals surface area contributed by atoms with Crippen LogP contribution in [0, 0.1) is 0 Å². The van der Waals surface area contributed by atoms with E-state index in [1.54, 1.807) is 0 Å². The number of hydrogen-bond acceptors (Lipinski definition) is 5. The molecule has 0 atom stereocenters. The second kappa shape index (κ2) is 6.06. The fourth-order valence-corrected chi connectivity index (χ4v) is 2.88. The first kappa shape index (κ1) is 13.9. The zero-order valence-corrected chi connectivity index (χ0v) is 12.2. The van der Waals surface area contributed by atoms with Crippen molar-refractivity contribution in [3.05, 3.63) is 16.5 Å². The molecular formula is C13H20N4OS. The highest BCUT2D eigenvalue weighted by molar-refractivity contribution is 7.18. The van der Waals surface area contributed by atoms with Crippen LogP contribution < -0.4 is 16.0 Å². The molecule has 2 rings (SSSR count). The van der Waals surface area contributed by atoms with Gasteiger partial charge in [0.15, 0.2) is 5.13 Å². The molecule has 0 bridgehead atoms. The summed E-state index contributed by atoms with van der Waals surface area (Å²) < 4.78 is 0. The Hall–Kier alpha value is -1.56. The minimum atomic E-state index is -0.123. The molecule has 19 heavy (non-hydrogen) atoms. The summed E-state index contributed by atoms with van der Waals surface area (Å²) in [5.41, 5.74) is 7.22. The van der Waals surface area contributed by atoms with Crippen molar-refractivity contribution in [1.29, 1.82) is 0 Å². The first-order chi connectivity index (χ1) is 9.08. The molecule has 1 heterocycles. The van der Waals surface area contributed by atoms with Gasteiger partial charge >= 0.3 is 0 Å². The van der Waals surface area contributed by atoms with Gasteiger partial charge in [-0.3, -0.25) is 4.79 Å². The summed E-state index contributed by atoms with van der Waals surface area (Å²) in [7, 11) is 3.76. The molecule has 5 nitrogen and oxygen atoms in total. The first-order valence-electron chi connectivity index (χ1n) is 6.47. The van der Waals surface area contributed by atoms with E-state index in [4.69, 9.17) is 5.73 Å². The second-order valence-electron chi connectivity index (χ2n) is 4.87. The van der Waals surface area contributed by atoms with Crippen LogP contribution in [0.4, 0.5) is 10.9 Å². The van der Waals surface area contributed by atoms with Crippen molar-refractivity contribution >= 4 is 28.2 Å². The van der Waals surface area contributed by atoms with Crippen molar-refractivity contribution in [1.82, 2.24) is 10.3 Å². The largest absolute Gasteiger partial charge is 0.382 e. The van der Waals surface area contributed by atoms with Gasteiger partial charge in [-0.05, 0) is 25.7 Å². The molecular weight excluding hydrogens is 260 g/mol. The minimum Gasteiger partial charge on any atom is -0.382 e. The highest BCUT2D eigenvalue weighted by Gasteiger charge is 2.16. The number of nitrogens with two attached hydrogens (primary N) is 1. The van der Waals surface area contributed by atoms with E-state index < -0.39 is 0 Å². The summed E-state index contributed by atoms with van der Waals surface area (Å²) in [6.07, 6.45) is 6.81. The third kappa shape index (κ3) is 3.47. The topological polar surface area (TPSA) is 71.2 Å². The molecule has 1 aliphatic rings. The van der Waals surface area contributed by atoms with Gasteiger partial charge in [-0.15, -0.1) is 0 Å². The predicted octanol–water partition coefficient (Wildman–Crippen LogP) is 2.02. The van der Waals surface area contributed by atoms with E-state index in [1.165, 1.54) is 36.2 Å². The van der Waals surface area contributed by atoms with Gasteiger partial charge in [0.25, 0.3) is 5.91 Å². The van der Waals surface area contributed by atoms with E-state index in [1.807, 2.05) is 19.0 Å². The molecule has 0 unspecified atom stereocenters. The average Bonchev–Trinajstić information content (AvgIpc) is 2.98. The van der Waals surface area contributed by atoms with Crippen LogP contribution in [-0.2, 0) is 0 Å². The van der Waals surface area contributed by atoms with Crippen molar-refractivity contribution < 1.29 is 4.79 Å². The fraction of sp³-hybridized carbons (Fsp3) is 0.538. The Bertz CT molecular complexity index is 493. The number of rotatable bonds is 5. The van der Waals surface area contributed by atoms with Gasteiger partial charge in [0, 0.05) is 20.6 Å². The molecule has 1 amide bonds. The van der Waals surface area contributed by atoms with Crippen LogP contribution in [0.2, 0.25) is 0 Å². The van der Waals surface area contributed by atoms with Gasteiger partial charge in [-0.1, -0.05) is 23.0 Å². The lowest BCUT2D eigenvalue weighted by molar-refractivity contribution is 0.0959. The summed E-state index contributed by atoms with van der Waals surface area (Å²) >= 11 is 1.32. The van der Waals surface area contributed by atoms with Crippen LogP contribution in [0.3, 0.4) is 0 Å². The number of carbonyl (C=O) groups is 1. The first-order valence-corrected chi connectivity index (χ1v) is 7.29. The molecule has 0 spiro atoms. The van der Waals surface area contributed by atoms with Gasteiger partial charge in [-0.25, -0.2) is 4.98 Å². The van der Waals surface area contributed by atoms with Crippen LogP contribution in [0.1, 0.15) is 35.4 Å². The Morgan fingerprint density at radius 2 is 2.37 bits per heavy atom. The smallest absolute Gasteiger partial charge is 0.265 e. The van der Waals surface area contributed by atoms with Gasteiger partial charge in [0.05, 0.1) is 0 Å². The van der Waals surface area contributed by atoms with Crippen LogP contribution >= 0.6 is 11.3 Å². The van der Waals surface area contributed by atoms with E-state index in [-0.39, 0.29) is 5.91 Å². The van der Waals surface area contributed by atoms with Crippen molar-refractivity contribution in [3.8, 4) is 0 Å². The molecule has 0 aromatic carbocycles. The van der Waals surface area contributed by atoms with Crippen LogP contribution in [-0.4, -0.2) is 31.5 Å². The number of thiazole rings is 1. The molecule has 0 aliphatic heterocycles. The van der Waals surface area contributed by atoms with E-state index in [0.29, 0.717) is 17.2 Å². The van der Waals surface area contributed by atoms with Gasteiger partial charge < -0.3 is 16.0 Å². The highest BCUT2D eigenvalue weighted by Crippen LogP contribution is 2.26. The van der Waals surface area contributed by atoms with E-state index in [9.17, 15) is 4.79 Å². The minimum absolute atomic E-state index is 0.123. The molecule has 1 aromatic heterocycles. The lowest BCUT2D eigenvalue weighted by atomic mass is 10.2. The summed E-state index contributed by atoms with van der Waals surface area (Å²) in [6, 6.07) is 0. The molecule has 104 valence electrons. The molecule has 0 saturated carbocycles. The Kier molecular flexibility index (Phi) is 4.42. The summed E-state index contributed by atoms with van der Waals surface area (Å²) in [5.74, 6) is 0.188. The number of nitrogen functional groups attached to an aromatic ring is 1. The van der Waals surface area contributed by atoms with Crippen molar-refractivity contribution in [2.24, 2.45) is 0 Å². The number of anilines is 2. The van der Waals surface area contributed by atoms with E-state index >= 15 is 0 Å². The number of nitrogens with one attached hydrogen (secondary N) is 1. The lowest BCUT2D eigenvalue weighted by Crippen LogP contribution is -2.24. The number of carbonyl (C=O) groups excluding carboxylic acids is 1. The van der Waals surface area contributed by atoms with Crippen molar-refractivity contribution in [3.63, 3.8) is 0 Å². The fourth-order valence-electron chi connectivity index (χ4n) is 2.06. The second-order valence-corrected chi connectivity index (χ2v) is 5.84. The number of aromatic nitrogens is 1. The number of amides is 1. The Morgan fingerprint density at radius 1 is 1.58 bits per heavy atom. The zero-order chi connectivity index (χ0) is 13.8. The number of hydrogen-bond donors (Lipinski definition) is 2. The SMILES string of the molecule is CN(C)c1nc(N)c(C(=O)NCCC2=CCCC2)s1. The average molecular weight is 280 g/mol. The maximum atomic E-state index is 12.0. The normalized spacial score (nSPS) is 14.3. The molecule has 3 N–H and O–H groups in total.